The van der Waals surface area contributed by atoms with Gasteiger partial charge in [-0.3, -0.25) is 14.4 Å². The first kappa shape index (κ1) is 25.9. The lowest BCUT2D eigenvalue weighted by molar-refractivity contribution is -0.136. The van der Waals surface area contributed by atoms with Crippen molar-refractivity contribution < 1.29 is 14.4 Å². The summed E-state index contributed by atoms with van der Waals surface area (Å²) >= 11 is 0. The molecule has 0 spiro atoms. The molecule has 1 fully saturated rings. The molecule has 1 heterocycles. The second-order valence-electron chi connectivity index (χ2n) is 10.8. The molecule has 3 N–H and O–H groups in total. The normalized spacial score (nSPS) is 18.7. The highest BCUT2D eigenvalue weighted by Crippen LogP contribution is 2.41. The number of nitrogens with zero attached hydrogens (tertiary/aromatic N) is 1. The summed E-state index contributed by atoms with van der Waals surface area (Å²) in [5.41, 5.74) is 9.36. The van der Waals surface area contributed by atoms with Gasteiger partial charge < -0.3 is 16.0 Å². The Balaban J connectivity index is 1.72. The number of carbonyl (C=O) groups is 3. The molecule has 0 saturated heterocycles. The quantitative estimate of drug-likeness (QED) is 0.453. The van der Waals surface area contributed by atoms with Gasteiger partial charge in [-0.05, 0) is 48.3 Å². The maximum Gasteiger partial charge on any atom is 0.254 e. The molecule has 6 nitrogen and oxygen atoms in total. The average Bonchev–Trinajstić information content (AvgIpc) is 3.69. The van der Waals surface area contributed by atoms with E-state index in [0.29, 0.717) is 25.3 Å². The Hall–Kier alpha value is -3.15. The van der Waals surface area contributed by atoms with Crippen molar-refractivity contribution in [2.24, 2.45) is 29.4 Å². The molecule has 3 amide bonds. The fraction of sp³-hybridized carbons (Fsp3) is 0.500. The zero-order chi connectivity index (χ0) is 25.8. The predicted molar refractivity (Wildman–Crippen MR) is 143 cm³/mol. The third-order valence-electron chi connectivity index (χ3n) is 7.53. The van der Waals surface area contributed by atoms with E-state index in [9.17, 15) is 14.4 Å². The van der Waals surface area contributed by atoms with Crippen molar-refractivity contribution in [1.29, 1.82) is 0 Å². The Morgan fingerprint density at radius 3 is 2.33 bits per heavy atom. The fourth-order valence-corrected chi connectivity index (χ4v) is 5.49. The number of nitrogens with one attached hydrogen (secondary N) is 1. The molecule has 2 aromatic carbocycles. The summed E-state index contributed by atoms with van der Waals surface area (Å²) in [4.78, 5) is 42.1. The molecule has 1 unspecified atom stereocenters. The minimum absolute atomic E-state index is 0.129. The van der Waals surface area contributed by atoms with Gasteiger partial charge >= 0.3 is 0 Å². The van der Waals surface area contributed by atoms with E-state index in [1.165, 1.54) is 12.8 Å². The van der Waals surface area contributed by atoms with E-state index < -0.39 is 23.8 Å². The van der Waals surface area contributed by atoms with E-state index in [-0.39, 0.29) is 17.7 Å². The summed E-state index contributed by atoms with van der Waals surface area (Å²) in [6, 6.07) is 15.0. The highest BCUT2D eigenvalue weighted by molar-refractivity contribution is 6.06. The standard InChI is InChI=1S/C30H39N3O3/c1-4-9-24(28(31)34)25(18-19(2)3)29(35)32-27-23-12-6-5-10-21(23)22-11-7-8-13-26(22)33(30(27)36)17-16-20-14-15-20/h5-8,10-13,19-20,24-25,27H,4,9,14-18H2,1-3H3,(H2,31,34)(H,32,35)/t24-,25+,27?/m0/s1. The minimum atomic E-state index is -0.829. The highest BCUT2D eigenvalue weighted by atomic mass is 16.2. The van der Waals surface area contributed by atoms with Gasteiger partial charge in [0.2, 0.25) is 11.8 Å². The van der Waals surface area contributed by atoms with Crippen LogP contribution in [0.2, 0.25) is 0 Å². The van der Waals surface area contributed by atoms with Crippen LogP contribution in [0.3, 0.4) is 0 Å². The topological polar surface area (TPSA) is 92.5 Å². The molecule has 3 atom stereocenters. The molecule has 192 valence electrons. The van der Waals surface area contributed by atoms with Gasteiger partial charge in [-0.1, -0.05) is 82.5 Å². The Kier molecular flexibility index (Phi) is 8.12. The van der Waals surface area contributed by atoms with Gasteiger partial charge in [-0.2, -0.15) is 0 Å². The Bertz CT molecular complexity index is 1110. The van der Waals surface area contributed by atoms with E-state index in [4.69, 9.17) is 5.73 Å². The third kappa shape index (κ3) is 5.63. The van der Waals surface area contributed by atoms with Crippen molar-refractivity contribution in [1.82, 2.24) is 5.32 Å². The van der Waals surface area contributed by atoms with Crippen LogP contribution in [0.25, 0.3) is 11.1 Å². The summed E-state index contributed by atoms with van der Waals surface area (Å²) in [5.74, 6) is -1.12. The van der Waals surface area contributed by atoms with Crippen molar-refractivity contribution in [3.63, 3.8) is 0 Å². The molecule has 1 saturated carbocycles. The molecule has 2 aromatic rings. The number of carbonyl (C=O) groups excluding carboxylic acids is 3. The molecular weight excluding hydrogens is 450 g/mol. The number of para-hydroxylation sites is 1. The first-order valence-electron chi connectivity index (χ1n) is 13.4. The van der Waals surface area contributed by atoms with E-state index in [1.807, 2.05) is 74.2 Å². The summed E-state index contributed by atoms with van der Waals surface area (Å²) < 4.78 is 0. The number of fused-ring (bicyclic) bond motifs is 3. The number of benzene rings is 2. The highest BCUT2D eigenvalue weighted by Gasteiger charge is 2.39. The lowest BCUT2D eigenvalue weighted by atomic mass is 9.81. The number of hydrogen-bond acceptors (Lipinski definition) is 3. The van der Waals surface area contributed by atoms with Crippen molar-refractivity contribution in [2.75, 3.05) is 11.4 Å². The second kappa shape index (κ2) is 11.3. The lowest BCUT2D eigenvalue weighted by Gasteiger charge is -2.30. The van der Waals surface area contributed by atoms with Crippen molar-refractivity contribution in [3.05, 3.63) is 54.1 Å². The molecule has 1 aliphatic carbocycles. The van der Waals surface area contributed by atoms with Crippen LogP contribution in [0.4, 0.5) is 5.69 Å². The summed E-state index contributed by atoms with van der Waals surface area (Å²) in [6.45, 7) is 6.68. The maximum absolute atomic E-state index is 14.1. The third-order valence-corrected chi connectivity index (χ3v) is 7.53. The van der Waals surface area contributed by atoms with Gasteiger partial charge in [-0.15, -0.1) is 0 Å². The molecule has 2 aliphatic rings. The fourth-order valence-electron chi connectivity index (χ4n) is 5.49. The predicted octanol–water partition coefficient (Wildman–Crippen LogP) is 5.22. The van der Waals surface area contributed by atoms with Crippen molar-refractivity contribution in [2.45, 2.75) is 65.3 Å². The van der Waals surface area contributed by atoms with Crippen LogP contribution in [0.1, 0.15) is 70.9 Å². The average molecular weight is 490 g/mol. The Morgan fingerprint density at radius 1 is 1.03 bits per heavy atom. The smallest absolute Gasteiger partial charge is 0.254 e. The van der Waals surface area contributed by atoms with Gasteiger partial charge in [0.05, 0.1) is 5.69 Å². The lowest BCUT2D eigenvalue weighted by Crippen LogP contribution is -2.47. The van der Waals surface area contributed by atoms with Gasteiger partial charge in [0, 0.05) is 23.9 Å². The number of rotatable bonds is 11. The molecule has 4 rings (SSSR count). The summed E-state index contributed by atoms with van der Waals surface area (Å²) in [5, 5.41) is 3.09. The van der Waals surface area contributed by atoms with Gasteiger partial charge in [-0.25, -0.2) is 0 Å². The minimum Gasteiger partial charge on any atom is -0.369 e. The van der Waals surface area contributed by atoms with E-state index >= 15 is 0 Å². The van der Waals surface area contributed by atoms with Crippen LogP contribution >= 0.6 is 0 Å². The van der Waals surface area contributed by atoms with Crippen molar-refractivity contribution >= 4 is 23.4 Å². The van der Waals surface area contributed by atoms with Gasteiger partial charge in [0.15, 0.2) is 0 Å². The molecule has 0 radical (unpaired) electrons. The van der Waals surface area contributed by atoms with Crippen molar-refractivity contribution in [3.8, 4) is 11.1 Å². The number of primary amides is 1. The van der Waals surface area contributed by atoms with Gasteiger partial charge in [0.25, 0.3) is 5.91 Å². The van der Waals surface area contributed by atoms with E-state index in [2.05, 4.69) is 5.32 Å². The van der Waals surface area contributed by atoms with E-state index in [0.717, 1.165) is 35.2 Å². The van der Waals surface area contributed by atoms with Crippen LogP contribution in [-0.4, -0.2) is 24.3 Å². The number of hydrogen-bond donors (Lipinski definition) is 2. The molecule has 0 bridgehead atoms. The van der Waals surface area contributed by atoms with Crippen LogP contribution in [0.15, 0.2) is 48.5 Å². The zero-order valence-electron chi connectivity index (χ0n) is 21.7. The molecule has 1 aliphatic heterocycles. The number of amides is 3. The molecular formula is C30H39N3O3. The first-order chi connectivity index (χ1) is 17.3. The molecule has 36 heavy (non-hydrogen) atoms. The largest absolute Gasteiger partial charge is 0.369 e. The Morgan fingerprint density at radius 2 is 1.69 bits per heavy atom. The maximum atomic E-state index is 14.1. The SMILES string of the molecule is CCC[C@H](C(N)=O)[C@@H](CC(C)C)C(=O)NC1C(=O)N(CCC2CC2)c2ccccc2-c2ccccc21. The summed E-state index contributed by atoms with van der Waals surface area (Å²) in [6.07, 6.45) is 5.22. The van der Waals surface area contributed by atoms with Crippen LogP contribution < -0.4 is 16.0 Å². The second-order valence-corrected chi connectivity index (χ2v) is 10.8. The van der Waals surface area contributed by atoms with E-state index in [1.54, 1.807) is 0 Å². The Labute approximate surface area is 214 Å². The molecule has 6 heteroatoms. The number of nitrogens with two attached hydrogens (primary N) is 1. The number of anilines is 1. The van der Waals surface area contributed by atoms with Gasteiger partial charge in [0.1, 0.15) is 6.04 Å². The molecule has 0 aromatic heterocycles. The van der Waals surface area contributed by atoms with Crippen LogP contribution in [0, 0.1) is 23.7 Å². The zero-order valence-corrected chi connectivity index (χ0v) is 21.7. The summed E-state index contributed by atoms with van der Waals surface area (Å²) in [7, 11) is 0. The van der Waals surface area contributed by atoms with Crippen LogP contribution in [0.5, 0.6) is 0 Å². The monoisotopic (exact) mass is 489 g/mol. The first-order valence-corrected chi connectivity index (χ1v) is 13.4. The van der Waals surface area contributed by atoms with Crippen LogP contribution in [-0.2, 0) is 14.4 Å².